The van der Waals surface area contributed by atoms with Crippen molar-refractivity contribution in [2.45, 2.75) is 30.4 Å². The molecule has 4 heteroatoms. The van der Waals surface area contributed by atoms with Crippen LogP contribution >= 0.6 is 0 Å². The van der Waals surface area contributed by atoms with Gasteiger partial charge in [0.25, 0.3) is 0 Å². The molecular weight excluding hydrogens is 278 g/mol. The summed E-state index contributed by atoms with van der Waals surface area (Å²) in [5.41, 5.74) is 4.09. The fourth-order valence-electron chi connectivity index (χ4n) is 4.85. The number of rotatable bonds is 2. The minimum absolute atomic E-state index is 0.0625. The Bertz CT molecular complexity index is 736. The number of allylic oxidation sites excluding steroid dienone is 2. The molecule has 114 valence electrons. The molecule has 2 heterocycles. The average Bonchev–Trinajstić information content (AvgIpc) is 2.88. The highest BCUT2D eigenvalue weighted by Gasteiger charge is 2.61. The van der Waals surface area contributed by atoms with E-state index in [1.807, 2.05) is 6.07 Å². The third kappa shape index (κ3) is 1.24. The summed E-state index contributed by atoms with van der Waals surface area (Å²) in [5, 5.41) is 3.67. The third-order valence-corrected chi connectivity index (χ3v) is 5.70. The van der Waals surface area contributed by atoms with E-state index in [-0.39, 0.29) is 11.5 Å². The van der Waals surface area contributed by atoms with E-state index < -0.39 is 0 Å². The van der Waals surface area contributed by atoms with Crippen LogP contribution in [0.1, 0.15) is 17.5 Å². The summed E-state index contributed by atoms with van der Waals surface area (Å²) < 4.78 is 17.6. The van der Waals surface area contributed by atoms with Crippen molar-refractivity contribution in [3.05, 3.63) is 46.7 Å². The summed E-state index contributed by atoms with van der Waals surface area (Å²) in [5.74, 6) is 2.66. The lowest BCUT2D eigenvalue weighted by molar-refractivity contribution is 0.0998. The molecule has 2 aliphatic carbocycles. The van der Waals surface area contributed by atoms with Gasteiger partial charge in [0.1, 0.15) is 5.76 Å². The lowest BCUT2D eigenvalue weighted by atomic mass is 9.58. The van der Waals surface area contributed by atoms with E-state index in [1.54, 1.807) is 14.2 Å². The molecule has 4 nitrogen and oxygen atoms in total. The normalized spacial score (nSPS) is 33.4. The van der Waals surface area contributed by atoms with Crippen molar-refractivity contribution in [1.82, 2.24) is 5.32 Å². The number of methoxy groups -OCH3 is 2. The predicted molar refractivity (Wildman–Crippen MR) is 82.4 cm³/mol. The molecule has 0 saturated carbocycles. The Kier molecular flexibility index (Phi) is 2.33. The Morgan fingerprint density at radius 1 is 1.23 bits per heavy atom. The van der Waals surface area contributed by atoms with Crippen molar-refractivity contribution < 1.29 is 14.2 Å². The molecule has 0 radical (unpaired) electrons. The molecule has 1 saturated heterocycles. The maximum absolute atomic E-state index is 6.42. The minimum atomic E-state index is -0.0759. The Balaban J connectivity index is 1.85. The molecule has 1 fully saturated rings. The van der Waals surface area contributed by atoms with Gasteiger partial charge in [0, 0.05) is 11.6 Å². The Labute approximate surface area is 129 Å². The van der Waals surface area contributed by atoms with E-state index in [0.717, 1.165) is 36.6 Å². The maximum Gasteiger partial charge on any atom is 0.169 e. The van der Waals surface area contributed by atoms with Crippen LogP contribution in [0.3, 0.4) is 0 Å². The fourth-order valence-corrected chi connectivity index (χ4v) is 4.85. The molecule has 22 heavy (non-hydrogen) atoms. The largest absolute Gasteiger partial charge is 0.497 e. The Hall–Kier alpha value is -1.94. The maximum atomic E-state index is 6.42. The molecule has 1 aromatic rings. The topological polar surface area (TPSA) is 39.7 Å². The minimum Gasteiger partial charge on any atom is -0.497 e. The summed E-state index contributed by atoms with van der Waals surface area (Å²) >= 11 is 0. The van der Waals surface area contributed by atoms with E-state index in [1.165, 1.54) is 16.7 Å². The van der Waals surface area contributed by atoms with Crippen LogP contribution in [0.25, 0.3) is 0 Å². The lowest BCUT2D eigenvalue weighted by Gasteiger charge is -2.49. The molecular formula is C18H19NO3. The predicted octanol–water partition coefficient (Wildman–Crippen LogP) is 2.08. The molecule has 4 aliphatic rings. The van der Waals surface area contributed by atoms with Crippen LogP contribution in [-0.2, 0) is 16.6 Å². The van der Waals surface area contributed by atoms with E-state index in [9.17, 15) is 0 Å². The van der Waals surface area contributed by atoms with Crippen LogP contribution < -0.4 is 14.8 Å². The van der Waals surface area contributed by atoms with Crippen molar-refractivity contribution in [2.24, 2.45) is 0 Å². The lowest BCUT2D eigenvalue weighted by Crippen LogP contribution is -2.58. The first-order valence-electron chi connectivity index (χ1n) is 7.86. The Morgan fingerprint density at radius 3 is 2.95 bits per heavy atom. The van der Waals surface area contributed by atoms with Crippen LogP contribution in [0.5, 0.6) is 11.5 Å². The van der Waals surface area contributed by atoms with Crippen molar-refractivity contribution >= 4 is 0 Å². The molecule has 0 amide bonds. The highest BCUT2D eigenvalue weighted by atomic mass is 16.6. The standard InChI is InChI=1S/C18H19NO3/c1-20-13-5-3-10-9-12-11-4-6-14(21-2)17-18(11,7-8-19-12)15(10)16(13)22-17/h3-6,12,17,19H,7-9H2,1-2H3/t12?,17-,18+/m1/s1. The first-order valence-corrected chi connectivity index (χ1v) is 7.86. The summed E-state index contributed by atoms with van der Waals surface area (Å²) in [6, 6.07) is 4.64. The van der Waals surface area contributed by atoms with Crippen LogP contribution in [0, 0.1) is 0 Å². The van der Waals surface area contributed by atoms with Crippen LogP contribution in [0.4, 0.5) is 0 Å². The van der Waals surface area contributed by atoms with Crippen molar-refractivity contribution in [3.8, 4) is 11.5 Å². The zero-order valence-electron chi connectivity index (χ0n) is 12.8. The van der Waals surface area contributed by atoms with Crippen LogP contribution in [0.15, 0.2) is 35.6 Å². The van der Waals surface area contributed by atoms with E-state index in [0.29, 0.717) is 6.04 Å². The molecule has 2 bridgehead atoms. The molecule has 1 unspecified atom stereocenters. The number of hydrogen-bond donors (Lipinski definition) is 1. The average molecular weight is 297 g/mol. The molecule has 0 aromatic heterocycles. The monoisotopic (exact) mass is 297 g/mol. The Morgan fingerprint density at radius 2 is 2.14 bits per heavy atom. The zero-order valence-corrected chi connectivity index (χ0v) is 12.8. The highest BCUT2D eigenvalue weighted by molar-refractivity contribution is 5.67. The first-order chi connectivity index (χ1) is 10.8. The van der Waals surface area contributed by atoms with Gasteiger partial charge in [-0.1, -0.05) is 12.1 Å². The van der Waals surface area contributed by atoms with Crippen molar-refractivity contribution in [2.75, 3.05) is 20.8 Å². The SMILES string of the molecule is COC1=CC=C2C3Cc4ccc(OC)c5c4[C@@]2(CCN3)[C@@H]1O5. The van der Waals surface area contributed by atoms with E-state index in [4.69, 9.17) is 14.2 Å². The van der Waals surface area contributed by atoms with Gasteiger partial charge in [-0.05, 0) is 42.7 Å². The molecule has 1 spiro atoms. The van der Waals surface area contributed by atoms with Gasteiger partial charge in [-0.2, -0.15) is 0 Å². The number of hydrogen-bond acceptors (Lipinski definition) is 4. The van der Waals surface area contributed by atoms with E-state index in [2.05, 4.69) is 23.5 Å². The first kappa shape index (κ1) is 12.6. The molecule has 5 rings (SSSR count). The van der Waals surface area contributed by atoms with Gasteiger partial charge in [-0.25, -0.2) is 0 Å². The van der Waals surface area contributed by atoms with Gasteiger partial charge < -0.3 is 19.5 Å². The summed E-state index contributed by atoms with van der Waals surface area (Å²) in [7, 11) is 3.44. The zero-order chi connectivity index (χ0) is 14.9. The number of piperidine rings is 1. The van der Waals surface area contributed by atoms with Crippen molar-refractivity contribution in [1.29, 1.82) is 0 Å². The van der Waals surface area contributed by atoms with Gasteiger partial charge >= 0.3 is 0 Å². The summed E-state index contributed by atoms with van der Waals surface area (Å²) in [6.45, 7) is 1.01. The number of nitrogens with one attached hydrogen (secondary N) is 1. The van der Waals surface area contributed by atoms with Crippen LogP contribution in [0.2, 0.25) is 0 Å². The second-order valence-corrected chi connectivity index (χ2v) is 6.46. The van der Waals surface area contributed by atoms with Gasteiger partial charge in [-0.3, -0.25) is 0 Å². The van der Waals surface area contributed by atoms with Crippen molar-refractivity contribution in [3.63, 3.8) is 0 Å². The second-order valence-electron chi connectivity index (χ2n) is 6.46. The molecule has 3 atom stereocenters. The van der Waals surface area contributed by atoms with Gasteiger partial charge in [0.15, 0.2) is 17.6 Å². The molecule has 1 aromatic carbocycles. The van der Waals surface area contributed by atoms with E-state index >= 15 is 0 Å². The van der Waals surface area contributed by atoms with Gasteiger partial charge in [0.2, 0.25) is 0 Å². The third-order valence-electron chi connectivity index (χ3n) is 5.70. The number of benzene rings is 1. The summed E-state index contributed by atoms with van der Waals surface area (Å²) in [6.07, 6.45) is 6.31. The highest BCUT2D eigenvalue weighted by Crippen LogP contribution is 2.61. The van der Waals surface area contributed by atoms with Crippen LogP contribution in [-0.4, -0.2) is 32.9 Å². The fraction of sp³-hybridized carbons (Fsp3) is 0.444. The molecule has 2 aliphatic heterocycles. The second kappa shape index (κ2) is 4.07. The van der Waals surface area contributed by atoms with Gasteiger partial charge in [-0.15, -0.1) is 0 Å². The van der Waals surface area contributed by atoms with Gasteiger partial charge in [0.05, 0.1) is 19.6 Å². The summed E-state index contributed by atoms with van der Waals surface area (Å²) in [4.78, 5) is 0. The molecule has 1 N–H and O–H groups in total. The smallest absolute Gasteiger partial charge is 0.169 e. The quantitative estimate of drug-likeness (QED) is 0.907. The number of ether oxygens (including phenoxy) is 3.